The number of aromatic nitrogens is 4. The van der Waals surface area contributed by atoms with E-state index in [-0.39, 0.29) is 23.7 Å². The number of fused-ring (bicyclic) bond motifs is 1. The first-order chi connectivity index (χ1) is 8.43. The Morgan fingerprint density at radius 3 is 2.42 bits per heavy atom. The van der Waals surface area contributed by atoms with Crippen LogP contribution in [0.5, 0.6) is 0 Å². The van der Waals surface area contributed by atoms with Gasteiger partial charge in [-0.1, -0.05) is 0 Å². The number of aryl methyl sites for hydroxylation is 1. The van der Waals surface area contributed by atoms with E-state index in [1.54, 1.807) is 17.9 Å². The summed E-state index contributed by atoms with van der Waals surface area (Å²) in [5, 5.41) is 0. The summed E-state index contributed by atoms with van der Waals surface area (Å²) in [6.07, 6.45) is 1.61. The van der Waals surface area contributed by atoms with Gasteiger partial charge in [0.05, 0.1) is 6.33 Å². The van der Waals surface area contributed by atoms with E-state index in [1.807, 2.05) is 19.0 Å². The van der Waals surface area contributed by atoms with Gasteiger partial charge >= 0.3 is 5.69 Å². The van der Waals surface area contributed by atoms with Crippen molar-refractivity contribution in [2.45, 2.75) is 6.54 Å². The molecular formula is C11H18ClN5O2. The maximum Gasteiger partial charge on any atom is 0.332 e. The number of halogens is 1. The van der Waals surface area contributed by atoms with Crippen LogP contribution in [-0.2, 0) is 20.6 Å². The fraction of sp³-hybridized carbons (Fsp3) is 0.545. The molecule has 0 fully saturated rings. The quantitative estimate of drug-likeness (QED) is 0.757. The SMILES string of the molecule is CN(C)CCn1cnc2c1c(=O)n(C)c(=O)n2C.Cl. The smallest absolute Gasteiger partial charge is 0.323 e. The Balaban J connectivity index is 0.00000180. The maximum absolute atomic E-state index is 12.1. The third-order valence-electron chi connectivity index (χ3n) is 3.01. The first kappa shape index (κ1) is 15.5. The monoisotopic (exact) mass is 287 g/mol. The summed E-state index contributed by atoms with van der Waals surface area (Å²) in [6, 6.07) is 0. The van der Waals surface area contributed by atoms with Crippen molar-refractivity contribution in [3.8, 4) is 0 Å². The summed E-state index contributed by atoms with van der Waals surface area (Å²) >= 11 is 0. The van der Waals surface area contributed by atoms with Gasteiger partial charge in [0.1, 0.15) is 0 Å². The molecule has 7 nitrogen and oxygen atoms in total. The van der Waals surface area contributed by atoms with Crippen molar-refractivity contribution < 1.29 is 0 Å². The van der Waals surface area contributed by atoms with Crippen LogP contribution in [0.15, 0.2) is 15.9 Å². The molecule has 2 rings (SSSR count). The number of nitrogens with zero attached hydrogens (tertiary/aromatic N) is 5. The lowest BCUT2D eigenvalue weighted by Crippen LogP contribution is -2.37. The molecule has 8 heteroatoms. The van der Waals surface area contributed by atoms with Crippen molar-refractivity contribution in [1.29, 1.82) is 0 Å². The molecule has 0 saturated heterocycles. The Kier molecular flexibility index (Phi) is 4.54. The maximum atomic E-state index is 12.1. The van der Waals surface area contributed by atoms with Gasteiger partial charge < -0.3 is 9.47 Å². The molecule has 0 aliphatic carbocycles. The average Bonchev–Trinajstić information content (AvgIpc) is 2.75. The van der Waals surface area contributed by atoms with Gasteiger partial charge in [0.2, 0.25) is 0 Å². The third kappa shape index (κ3) is 2.57. The minimum atomic E-state index is -0.356. The van der Waals surface area contributed by atoms with E-state index in [9.17, 15) is 9.59 Å². The Bertz CT molecular complexity index is 697. The zero-order valence-corrected chi connectivity index (χ0v) is 12.3. The normalized spacial score (nSPS) is 11.0. The van der Waals surface area contributed by atoms with E-state index in [1.165, 1.54) is 11.6 Å². The van der Waals surface area contributed by atoms with E-state index in [0.29, 0.717) is 17.7 Å². The number of imidazole rings is 1. The molecule has 0 aliphatic rings. The minimum Gasteiger partial charge on any atom is -0.323 e. The van der Waals surface area contributed by atoms with E-state index in [2.05, 4.69) is 4.98 Å². The molecule has 0 aromatic carbocycles. The van der Waals surface area contributed by atoms with Crippen molar-refractivity contribution in [2.75, 3.05) is 20.6 Å². The molecule has 106 valence electrons. The van der Waals surface area contributed by atoms with Crippen molar-refractivity contribution in [1.82, 2.24) is 23.6 Å². The molecule has 0 amide bonds. The molecule has 0 saturated carbocycles. The molecule has 0 radical (unpaired) electrons. The van der Waals surface area contributed by atoms with Gasteiger partial charge in [-0.25, -0.2) is 9.78 Å². The number of hydrogen-bond acceptors (Lipinski definition) is 4. The van der Waals surface area contributed by atoms with Gasteiger partial charge in [-0.3, -0.25) is 13.9 Å². The minimum absolute atomic E-state index is 0. The summed E-state index contributed by atoms with van der Waals surface area (Å²) in [5.41, 5.74) is 0.248. The van der Waals surface area contributed by atoms with Crippen LogP contribution in [0.2, 0.25) is 0 Å². The first-order valence-corrected chi connectivity index (χ1v) is 5.69. The summed E-state index contributed by atoms with van der Waals surface area (Å²) in [4.78, 5) is 30.0. The molecule has 2 aromatic heterocycles. The molecule has 0 bridgehead atoms. The molecule has 2 aromatic rings. The zero-order chi connectivity index (χ0) is 13.4. The largest absolute Gasteiger partial charge is 0.332 e. The molecular weight excluding hydrogens is 270 g/mol. The fourth-order valence-corrected chi connectivity index (χ4v) is 1.87. The van der Waals surface area contributed by atoms with Crippen molar-refractivity contribution in [3.05, 3.63) is 27.2 Å². The predicted octanol–water partition coefficient (Wildman–Crippen LogP) is -0.583. The number of hydrogen-bond donors (Lipinski definition) is 0. The van der Waals surface area contributed by atoms with Gasteiger partial charge in [0, 0.05) is 27.2 Å². The Labute approximate surface area is 116 Å². The van der Waals surface area contributed by atoms with Crippen molar-refractivity contribution >= 4 is 23.6 Å². The van der Waals surface area contributed by atoms with E-state index in [4.69, 9.17) is 0 Å². The van der Waals surface area contributed by atoms with Crippen molar-refractivity contribution in [2.24, 2.45) is 14.1 Å². The highest BCUT2D eigenvalue weighted by atomic mass is 35.5. The molecule has 0 unspecified atom stereocenters. The van der Waals surface area contributed by atoms with Crippen LogP contribution in [0.3, 0.4) is 0 Å². The lowest BCUT2D eigenvalue weighted by atomic mass is 10.4. The molecule has 2 heterocycles. The molecule has 0 aliphatic heterocycles. The summed E-state index contributed by atoms with van der Waals surface area (Å²) in [6.45, 7) is 1.47. The molecule has 19 heavy (non-hydrogen) atoms. The van der Waals surface area contributed by atoms with Gasteiger partial charge in [-0.15, -0.1) is 12.4 Å². The molecule has 0 spiro atoms. The lowest BCUT2D eigenvalue weighted by molar-refractivity contribution is 0.386. The highest BCUT2D eigenvalue weighted by molar-refractivity contribution is 5.85. The molecule has 0 atom stereocenters. The fourth-order valence-electron chi connectivity index (χ4n) is 1.87. The second kappa shape index (κ2) is 5.58. The van der Waals surface area contributed by atoms with E-state index < -0.39 is 0 Å². The second-order valence-corrected chi connectivity index (χ2v) is 4.62. The van der Waals surface area contributed by atoms with E-state index >= 15 is 0 Å². The number of likely N-dealkylation sites (N-methyl/N-ethyl adjacent to an activating group) is 1. The Morgan fingerprint density at radius 2 is 1.84 bits per heavy atom. The van der Waals surface area contributed by atoms with Crippen LogP contribution in [0.25, 0.3) is 11.2 Å². The lowest BCUT2D eigenvalue weighted by Gasteiger charge is -2.10. The van der Waals surface area contributed by atoms with Gasteiger partial charge in [-0.05, 0) is 14.1 Å². The average molecular weight is 288 g/mol. The second-order valence-electron chi connectivity index (χ2n) is 4.62. The van der Waals surface area contributed by atoms with Crippen LogP contribution in [0.4, 0.5) is 0 Å². The Hall–Kier alpha value is -1.60. The summed E-state index contributed by atoms with van der Waals surface area (Å²) < 4.78 is 4.29. The van der Waals surface area contributed by atoms with Crippen molar-refractivity contribution in [3.63, 3.8) is 0 Å². The highest BCUT2D eigenvalue weighted by Crippen LogP contribution is 2.04. The predicted molar refractivity (Wildman–Crippen MR) is 76.0 cm³/mol. The van der Waals surface area contributed by atoms with Gasteiger partial charge in [0.25, 0.3) is 5.56 Å². The Morgan fingerprint density at radius 1 is 1.21 bits per heavy atom. The standard InChI is InChI=1S/C11H17N5O2.ClH/c1-13(2)5-6-16-7-12-9-8(16)10(17)15(4)11(18)14(9)3;/h7H,5-6H2,1-4H3;1H. The van der Waals surface area contributed by atoms with Crippen LogP contribution >= 0.6 is 12.4 Å². The zero-order valence-electron chi connectivity index (χ0n) is 11.5. The molecule has 0 N–H and O–H groups in total. The van der Waals surface area contributed by atoms with Crippen LogP contribution < -0.4 is 11.2 Å². The van der Waals surface area contributed by atoms with Gasteiger partial charge in [0.15, 0.2) is 11.2 Å². The van der Waals surface area contributed by atoms with E-state index in [0.717, 1.165) is 11.1 Å². The third-order valence-corrected chi connectivity index (χ3v) is 3.01. The summed E-state index contributed by atoms with van der Waals surface area (Å²) in [5.74, 6) is 0. The van der Waals surface area contributed by atoms with Crippen LogP contribution in [-0.4, -0.2) is 44.2 Å². The topological polar surface area (TPSA) is 65.1 Å². The first-order valence-electron chi connectivity index (χ1n) is 5.69. The van der Waals surface area contributed by atoms with Gasteiger partial charge in [-0.2, -0.15) is 0 Å². The number of rotatable bonds is 3. The summed E-state index contributed by atoms with van der Waals surface area (Å²) in [7, 11) is 7.03. The highest BCUT2D eigenvalue weighted by Gasteiger charge is 2.13. The van der Waals surface area contributed by atoms with Crippen LogP contribution in [0, 0.1) is 0 Å². The van der Waals surface area contributed by atoms with Crippen LogP contribution in [0.1, 0.15) is 0 Å².